The summed E-state index contributed by atoms with van der Waals surface area (Å²) in [6.07, 6.45) is 5.22. The number of nitrogens with one attached hydrogen (secondary N) is 2. The van der Waals surface area contributed by atoms with E-state index in [2.05, 4.69) is 53.5 Å². The van der Waals surface area contributed by atoms with Gasteiger partial charge < -0.3 is 10.6 Å². The lowest BCUT2D eigenvalue weighted by Gasteiger charge is -2.09. The topological polar surface area (TPSA) is 80.5 Å². The first kappa shape index (κ1) is 14.7. The van der Waals surface area contributed by atoms with Crippen molar-refractivity contribution in [3.05, 3.63) is 22.8 Å². The Hall–Kier alpha value is -1.70. The van der Waals surface area contributed by atoms with E-state index in [4.69, 9.17) is 0 Å². The van der Waals surface area contributed by atoms with Crippen LogP contribution in [0.1, 0.15) is 19.2 Å². The van der Waals surface area contributed by atoms with Crippen molar-refractivity contribution in [2.24, 2.45) is 7.05 Å². The molecule has 0 atom stereocenters. The highest BCUT2D eigenvalue weighted by Crippen LogP contribution is 2.19. The van der Waals surface area contributed by atoms with Crippen LogP contribution in [0.5, 0.6) is 0 Å². The van der Waals surface area contributed by atoms with Crippen molar-refractivity contribution in [3.63, 3.8) is 0 Å². The molecule has 7 nitrogen and oxygen atoms in total. The lowest BCUT2D eigenvalue weighted by Crippen LogP contribution is -2.11. The number of rotatable bonds is 7. The summed E-state index contributed by atoms with van der Waals surface area (Å²) in [5, 5.41) is 10.7. The minimum absolute atomic E-state index is 0.633. The summed E-state index contributed by atoms with van der Waals surface area (Å²) in [6.45, 7) is 3.68. The van der Waals surface area contributed by atoms with E-state index >= 15 is 0 Å². The van der Waals surface area contributed by atoms with E-state index in [0.29, 0.717) is 12.5 Å². The highest BCUT2D eigenvalue weighted by atomic mass is 79.9. The first-order chi connectivity index (χ1) is 9.69. The van der Waals surface area contributed by atoms with Gasteiger partial charge in [0.05, 0.1) is 4.47 Å². The van der Waals surface area contributed by atoms with Crippen molar-refractivity contribution in [3.8, 4) is 0 Å². The lowest BCUT2D eigenvalue weighted by atomic mass is 10.4. The number of nitrogens with zero attached hydrogens (tertiary/aromatic N) is 5. The molecule has 108 valence electrons. The van der Waals surface area contributed by atoms with Gasteiger partial charge in [0.25, 0.3) is 0 Å². The maximum absolute atomic E-state index is 4.42. The molecule has 0 unspecified atom stereocenters. The van der Waals surface area contributed by atoms with Gasteiger partial charge >= 0.3 is 0 Å². The minimum atomic E-state index is 0.633. The van der Waals surface area contributed by atoms with Crippen molar-refractivity contribution in [2.45, 2.75) is 19.8 Å². The summed E-state index contributed by atoms with van der Waals surface area (Å²) in [6, 6.07) is 0. The van der Waals surface area contributed by atoms with E-state index in [9.17, 15) is 0 Å². The molecule has 20 heavy (non-hydrogen) atoms. The van der Waals surface area contributed by atoms with Crippen LogP contribution in [0.3, 0.4) is 0 Å². The van der Waals surface area contributed by atoms with Gasteiger partial charge in [0.2, 0.25) is 5.95 Å². The molecule has 0 aliphatic rings. The molecule has 0 bridgehead atoms. The predicted molar refractivity (Wildman–Crippen MR) is 81.7 cm³/mol. The SMILES string of the molecule is CCCNc1ncc(Br)c(NCCc2ncn(C)n2)n1. The number of anilines is 2. The Morgan fingerprint density at radius 2 is 2.10 bits per heavy atom. The molecule has 0 aromatic carbocycles. The molecule has 8 heteroatoms. The Bertz CT molecular complexity index is 554. The molecule has 0 aliphatic carbocycles. The van der Waals surface area contributed by atoms with Crippen LogP contribution in [-0.2, 0) is 13.5 Å². The van der Waals surface area contributed by atoms with Crippen LogP contribution in [-0.4, -0.2) is 37.8 Å². The molecule has 0 amide bonds. The maximum atomic E-state index is 4.42. The second-order valence-corrected chi connectivity index (χ2v) is 5.18. The standard InChI is InChI=1S/C12H18BrN7/c1-3-5-15-12-16-7-9(13)11(18-12)14-6-4-10-17-8-20(2)19-10/h7-8H,3-6H2,1-2H3,(H2,14,15,16,18). The number of aryl methyl sites for hydroxylation is 1. The fraction of sp³-hybridized carbons (Fsp3) is 0.500. The molecule has 2 aromatic heterocycles. The predicted octanol–water partition coefficient (Wildman–Crippen LogP) is 1.84. The first-order valence-corrected chi connectivity index (χ1v) is 7.33. The Balaban J connectivity index is 1.90. The third-order valence-electron chi connectivity index (χ3n) is 2.57. The highest BCUT2D eigenvalue weighted by Gasteiger charge is 2.05. The van der Waals surface area contributed by atoms with Gasteiger partial charge in [-0.1, -0.05) is 6.92 Å². The Labute approximate surface area is 126 Å². The summed E-state index contributed by atoms with van der Waals surface area (Å²) in [5.41, 5.74) is 0. The zero-order chi connectivity index (χ0) is 14.4. The molecule has 0 aliphatic heterocycles. The van der Waals surface area contributed by atoms with Crippen LogP contribution >= 0.6 is 15.9 Å². The van der Waals surface area contributed by atoms with Crippen molar-refractivity contribution >= 4 is 27.7 Å². The molecule has 0 spiro atoms. The quantitative estimate of drug-likeness (QED) is 0.801. The molecule has 0 saturated carbocycles. The summed E-state index contributed by atoms with van der Waals surface area (Å²) in [7, 11) is 1.86. The van der Waals surface area contributed by atoms with Gasteiger partial charge in [0.1, 0.15) is 12.1 Å². The van der Waals surface area contributed by atoms with E-state index in [-0.39, 0.29) is 0 Å². The molecule has 0 fully saturated rings. The summed E-state index contributed by atoms with van der Waals surface area (Å²) < 4.78 is 2.54. The number of aromatic nitrogens is 5. The summed E-state index contributed by atoms with van der Waals surface area (Å²) >= 11 is 3.44. The molecule has 0 saturated heterocycles. The molecular formula is C12H18BrN7. The highest BCUT2D eigenvalue weighted by molar-refractivity contribution is 9.10. The smallest absolute Gasteiger partial charge is 0.224 e. The van der Waals surface area contributed by atoms with Gasteiger partial charge in [-0.15, -0.1) is 0 Å². The van der Waals surface area contributed by atoms with E-state index in [1.54, 1.807) is 17.2 Å². The van der Waals surface area contributed by atoms with Gasteiger partial charge in [0, 0.05) is 32.8 Å². The van der Waals surface area contributed by atoms with Gasteiger partial charge in [-0.3, -0.25) is 4.68 Å². The normalized spacial score (nSPS) is 10.6. The zero-order valence-corrected chi connectivity index (χ0v) is 13.2. The largest absolute Gasteiger partial charge is 0.369 e. The molecule has 0 radical (unpaired) electrons. The Morgan fingerprint density at radius 1 is 1.25 bits per heavy atom. The van der Waals surface area contributed by atoms with Crippen LogP contribution in [0.2, 0.25) is 0 Å². The summed E-state index contributed by atoms with van der Waals surface area (Å²) in [4.78, 5) is 12.8. The molecule has 2 aromatic rings. The second kappa shape index (κ2) is 7.18. The van der Waals surface area contributed by atoms with Crippen molar-refractivity contribution < 1.29 is 0 Å². The Kier molecular flexibility index (Phi) is 5.28. The number of halogens is 1. The fourth-order valence-corrected chi connectivity index (χ4v) is 1.94. The molecule has 2 N–H and O–H groups in total. The van der Waals surface area contributed by atoms with E-state index in [1.807, 2.05) is 7.05 Å². The lowest BCUT2D eigenvalue weighted by molar-refractivity contribution is 0.741. The third kappa shape index (κ3) is 4.16. The average Bonchev–Trinajstić information content (AvgIpc) is 2.85. The molecule has 2 heterocycles. The van der Waals surface area contributed by atoms with Crippen LogP contribution in [0.15, 0.2) is 17.0 Å². The van der Waals surface area contributed by atoms with Crippen LogP contribution in [0.25, 0.3) is 0 Å². The third-order valence-corrected chi connectivity index (χ3v) is 3.15. The van der Waals surface area contributed by atoms with Crippen LogP contribution in [0.4, 0.5) is 11.8 Å². The van der Waals surface area contributed by atoms with Crippen molar-refractivity contribution in [1.82, 2.24) is 24.7 Å². The van der Waals surface area contributed by atoms with Crippen molar-refractivity contribution in [1.29, 1.82) is 0 Å². The molecular weight excluding hydrogens is 322 g/mol. The minimum Gasteiger partial charge on any atom is -0.369 e. The zero-order valence-electron chi connectivity index (χ0n) is 11.6. The van der Waals surface area contributed by atoms with Crippen molar-refractivity contribution in [2.75, 3.05) is 23.7 Å². The fourth-order valence-electron chi connectivity index (χ4n) is 1.60. The molecule has 2 rings (SSSR count). The monoisotopic (exact) mass is 339 g/mol. The van der Waals surface area contributed by atoms with E-state index in [0.717, 1.165) is 35.5 Å². The van der Waals surface area contributed by atoms with Crippen LogP contribution in [0, 0.1) is 0 Å². The van der Waals surface area contributed by atoms with Gasteiger partial charge in [-0.2, -0.15) is 10.1 Å². The number of hydrogen-bond donors (Lipinski definition) is 2. The Morgan fingerprint density at radius 3 is 2.80 bits per heavy atom. The van der Waals surface area contributed by atoms with E-state index in [1.165, 1.54) is 0 Å². The summed E-state index contributed by atoms with van der Waals surface area (Å²) in [5.74, 6) is 2.22. The van der Waals surface area contributed by atoms with Gasteiger partial charge in [0.15, 0.2) is 5.82 Å². The number of hydrogen-bond acceptors (Lipinski definition) is 6. The van der Waals surface area contributed by atoms with E-state index < -0.39 is 0 Å². The second-order valence-electron chi connectivity index (χ2n) is 4.33. The average molecular weight is 340 g/mol. The first-order valence-electron chi connectivity index (χ1n) is 6.54. The van der Waals surface area contributed by atoms with Gasteiger partial charge in [-0.05, 0) is 22.4 Å². The maximum Gasteiger partial charge on any atom is 0.224 e. The van der Waals surface area contributed by atoms with Gasteiger partial charge in [-0.25, -0.2) is 9.97 Å². The van der Waals surface area contributed by atoms with Crippen LogP contribution < -0.4 is 10.6 Å².